The molecule has 0 saturated carbocycles. The highest BCUT2D eigenvalue weighted by Crippen LogP contribution is 2.19. The molecule has 1 heterocycles. The zero-order valence-corrected chi connectivity index (χ0v) is 10.6. The van der Waals surface area contributed by atoms with Crippen LogP contribution < -0.4 is 10.6 Å². The molecule has 1 N–H and O–H groups in total. The molecule has 0 unspecified atom stereocenters. The summed E-state index contributed by atoms with van der Waals surface area (Å²) in [7, 11) is 0. The molecule has 0 spiro atoms. The van der Waals surface area contributed by atoms with Gasteiger partial charge in [0.15, 0.2) is 0 Å². The van der Waals surface area contributed by atoms with E-state index >= 15 is 0 Å². The van der Waals surface area contributed by atoms with Crippen LogP contribution in [-0.2, 0) is 0 Å². The van der Waals surface area contributed by atoms with Crippen LogP contribution in [-0.4, -0.2) is 16.9 Å². The Morgan fingerprint density at radius 3 is 2.79 bits per heavy atom. The second-order valence-corrected chi connectivity index (χ2v) is 4.63. The SMILES string of the molecule is ON1CN=c2ccc(Cl)cc2=C1c1ccccc1F. The molecule has 5 heteroatoms. The fraction of sp³-hybridized carbons (Fsp3) is 0.0714. The molecule has 19 heavy (non-hydrogen) atoms. The van der Waals surface area contributed by atoms with Gasteiger partial charge >= 0.3 is 0 Å². The molecule has 96 valence electrons. The molecular formula is C14H10ClFN2O. The van der Waals surface area contributed by atoms with Crippen molar-refractivity contribution in [2.45, 2.75) is 0 Å². The van der Waals surface area contributed by atoms with E-state index in [9.17, 15) is 9.60 Å². The van der Waals surface area contributed by atoms with Gasteiger partial charge in [-0.15, -0.1) is 0 Å². The third-order valence-corrected chi connectivity index (χ3v) is 3.21. The lowest BCUT2D eigenvalue weighted by Crippen LogP contribution is -2.39. The highest BCUT2D eigenvalue weighted by atomic mass is 35.5. The average molecular weight is 277 g/mol. The summed E-state index contributed by atoms with van der Waals surface area (Å²) in [6.45, 7) is 0.0678. The molecule has 2 aromatic carbocycles. The van der Waals surface area contributed by atoms with Crippen molar-refractivity contribution in [3.05, 3.63) is 69.4 Å². The van der Waals surface area contributed by atoms with Crippen LogP contribution in [0.4, 0.5) is 4.39 Å². The van der Waals surface area contributed by atoms with Crippen LogP contribution in [0.2, 0.25) is 5.02 Å². The molecule has 0 bridgehead atoms. The number of hydroxylamine groups is 2. The molecule has 0 saturated heterocycles. The Labute approximate surface area is 113 Å². The number of hydrogen-bond acceptors (Lipinski definition) is 3. The van der Waals surface area contributed by atoms with Gasteiger partial charge in [0, 0.05) is 15.8 Å². The summed E-state index contributed by atoms with van der Waals surface area (Å²) < 4.78 is 13.9. The molecule has 2 aromatic rings. The quantitative estimate of drug-likeness (QED) is 0.864. The maximum atomic E-state index is 13.9. The van der Waals surface area contributed by atoms with E-state index in [1.165, 1.54) is 6.07 Å². The van der Waals surface area contributed by atoms with Gasteiger partial charge in [-0.1, -0.05) is 23.7 Å². The number of hydrogen-bond donors (Lipinski definition) is 1. The van der Waals surface area contributed by atoms with E-state index in [1.807, 2.05) is 0 Å². The van der Waals surface area contributed by atoms with Crippen molar-refractivity contribution >= 4 is 17.3 Å². The minimum atomic E-state index is -0.399. The van der Waals surface area contributed by atoms with Crippen molar-refractivity contribution in [1.82, 2.24) is 5.06 Å². The normalized spacial score (nSPS) is 14.1. The Hall–Kier alpha value is -1.91. The van der Waals surface area contributed by atoms with E-state index in [4.69, 9.17) is 11.6 Å². The number of fused-ring (bicyclic) bond motifs is 1. The van der Waals surface area contributed by atoms with E-state index in [1.54, 1.807) is 36.4 Å². The van der Waals surface area contributed by atoms with Crippen LogP contribution >= 0.6 is 11.6 Å². The highest BCUT2D eigenvalue weighted by Gasteiger charge is 2.17. The Kier molecular flexibility index (Phi) is 2.97. The summed E-state index contributed by atoms with van der Waals surface area (Å²) in [6, 6.07) is 11.4. The molecule has 0 aliphatic carbocycles. The maximum Gasteiger partial charge on any atom is 0.136 e. The van der Waals surface area contributed by atoms with Gasteiger partial charge in [0.2, 0.25) is 0 Å². The van der Waals surface area contributed by atoms with E-state index in [2.05, 4.69) is 4.99 Å². The first-order chi connectivity index (χ1) is 9.16. The molecule has 1 aliphatic rings. The minimum Gasteiger partial charge on any atom is -0.287 e. The largest absolute Gasteiger partial charge is 0.287 e. The number of nitrogens with zero attached hydrogens (tertiary/aromatic N) is 2. The van der Waals surface area contributed by atoms with Crippen molar-refractivity contribution in [2.24, 2.45) is 4.99 Å². The van der Waals surface area contributed by atoms with Crippen LogP contribution in [0, 0.1) is 5.82 Å². The van der Waals surface area contributed by atoms with Gasteiger partial charge in [-0.3, -0.25) is 10.2 Å². The molecule has 3 rings (SSSR count). The minimum absolute atomic E-state index is 0.0678. The Balaban J connectivity index is 2.42. The Bertz CT molecular complexity index is 760. The summed E-state index contributed by atoms with van der Waals surface area (Å²) >= 11 is 5.97. The van der Waals surface area contributed by atoms with E-state index in [0.717, 1.165) is 5.06 Å². The maximum absolute atomic E-state index is 13.9. The van der Waals surface area contributed by atoms with Gasteiger partial charge in [0.1, 0.15) is 12.5 Å². The van der Waals surface area contributed by atoms with Gasteiger partial charge in [-0.25, -0.2) is 9.45 Å². The molecular weight excluding hydrogens is 267 g/mol. The van der Waals surface area contributed by atoms with E-state index < -0.39 is 5.82 Å². The van der Waals surface area contributed by atoms with E-state index in [-0.39, 0.29) is 6.67 Å². The molecule has 0 fully saturated rings. The van der Waals surface area contributed by atoms with Crippen LogP contribution in [0.5, 0.6) is 0 Å². The van der Waals surface area contributed by atoms with Crippen molar-refractivity contribution in [3.8, 4) is 0 Å². The van der Waals surface area contributed by atoms with Crippen molar-refractivity contribution in [3.63, 3.8) is 0 Å². The van der Waals surface area contributed by atoms with Gasteiger partial charge in [-0.2, -0.15) is 0 Å². The molecule has 3 nitrogen and oxygen atoms in total. The molecule has 0 radical (unpaired) electrons. The second kappa shape index (κ2) is 4.64. The highest BCUT2D eigenvalue weighted by molar-refractivity contribution is 6.30. The van der Waals surface area contributed by atoms with Crippen LogP contribution in [0.15, 0.2) is 47.5 Å². The second-order valence-electron chi connectivity index (χ2n) is 4.19. The summed E-state index contributed by atoms with van der Waals surface area (Å²) in [5, 5.41) is 12.7. The van der Waals surface area contributed by atoms with Crippen molar-refractivity contribution < 1.29 is 9.60 Å². The fourth-order valence-electron chi connectivity index (χ4n) is 2.13. The van der Waals surface area contributed by atoms with Gasteiger partial charge in [0.25, 0.3) is 0 Å². The smallest absolute Gasteiger partial charge is 0.136 e. The summed E-state index contributed by atoms with van der Waals surface area (Å²) in [4.78, 5) is 4.19. The first-order valence-corrected chi connectivity index (χ1v) is 6.10. The first-order valence-electron chi connectivity index (χ1n) is 5.72. The van der Waals surface area contributed by atoms with Gasteiger partial charge < -0.3 is 0 Å². The Morgan fingerprint density at radius 2 is 2.00 bits per heavy atom. The lowest BCUT2D eigenvalue weighted by Gasteiger charge is -2.22. The third kappa shape index (κ3) is 2.09. The predicted octanol–water partition coefficient (Wildman–Crippen LogP) is 1.92. The summed E-state index contributed by atoms with van der Waals surface area (Å²) in [5.41, 5.74) is 0.703. The molecule has 0 aromatic heterocycles. The fourth-order valence-corrected chi connectivity index (χ4v) is 2.30. The first kappa shape index (κ1) is 12.1. The number of halogens is 2. The lowest BCUT2D eigenvalue weighted by atomic mass is 10.1. The van der Waals surface area contributed by atoms with Gasteiger partial charge in [-0.05, 0) is 30.3 Å². The van der Waals surface area contributed by atoms with Crippen LogP contribution in [0.25, 0.3) is 5.70 Å². The zero-order chi connectivity index (χ0) is 13.4. The van der Waals surface area contributed by atoms with E-state index in [0.29, 0.717) is 26.9 Å². The number of benzene rings is 2. The molecule has 1 aliphatic heterocycles. The standard InChI is InChI=1S/C14H10ClFN2O/c15-9-5-6-13-11(7-9)14(18(19)8-17-13)10-3-1-2-4-12(10)16/h1-7,19H,8H2. The van der Waals surface area contributed by atoms with Crippen molar-refractivity contribution in [2.75, 3.05) is 6.67 Å². The van der Waals surface area contributed by atoms with Crippen LogP contribution in [0.3, 0.4) is 0 Å². The topological polar surface area (TPSA) is 35.8 Å². The van der Waals surface area contributed by atoms with Crippen LogP contribution in [0.1, 0.15) is 5.56 Å². The predicted molar refractivity (Wildman–Crippen MR) is 69.6 cm³/mol. The number of rotatable bonds is 1. The average Bonchev–Trinajstić information content (AvgIpc) is 2.40. The Morgan fingerprint density at radius 1 is 1.21 bits per heavy atom. The third-order valence-electron chi connectivity index (χ3n) is 2.98. The van der Waals surface area contributed by atoms with Crippen molar-refractivity contribution in [1.29, 1.82) is 0 Å². The summed E-state index contributed by atoms with van der Waals surface area (Å²) in [5.74, 6) is -0.399. The summed E-state index contributed by atoms with van der Waals surface area (Å²) in [6.07, 6.45) is 0. The zero-order valence-electron chi connectivity index (χ0n) is 9.85. The molecule has 0 amide bonds. The molecule has 0 atom stereocenters. The lowest BCUT2D eigenvalue weighted by molar-refractivity contribution is -0.0278. The van der Waals surface area contributed by atoms with Gasteiger partial charge in [0.05, 0.1) is 11.1 Å². The monoisotopic (exact) mass is 276 g/mol.